The minimum atomic E-state index is -0.965. The number of thiazole rings is 1. The van der Waals surface area contributed by atoms with Gasteiger partial charge in [-0.1, -0.05) is 19.9 Å². The van der Waals surface area contributed by atoms with Gasteiger partial charge in [-0.2, -0.15) is 0 Å². The van der Waals surface area contributed by atoms with Gasteiger partial charge in [0.1, 0.15) is 17.2 Å². The number of aliphatic hydroxyl groups is 2. The Morgan fingerprint density at radius 2 is 1.86 bits per heavy atom. The minimum Gasteiger partial charge on any atom is -0.396 e. The standard InChI is InChI=1S/C27H35F2N3O4S/c1-5-32(6-2)21(35)12-15-23-18(13-19-26(15,3)11-10-20(34)27(19,4)14-33)37-25(30-23)31-24(36)22-16(28)8-7-9-17(22)29/h7-9,15,19-20,33-34H,5-6,10-14H2,1-4H3,(H,30,31,36). The van der Waals surface area contributed by atoms with E-state index in [9.17, 15) is 28.6 Å². The molecule has 2 aliphatic rings. The number of hydrogen-bond donors (Lipinski definition) is 3. The summed E-state index contributed by atoms with van der Waals surface area (Å²) in [5, 5.41) is 24.0. The van der Waals surface area contributed by atoms with E-state index in [2.05, 4.69) is 12.2 Å². The molecule has 202 valence electrons. The molecule has 1 saturated carbocycles. The molecule has 4 rings (SSSR count). The first kappa shape index (κ1) is 27.6. The summed E-state index contributed by atoms with van der Waals surface area (Å²) in [5.41, 5.74) is -1.18. The van der Waals surface area contributed by atoms with Crippen molar-refractivity contribution < 1.29 is 28.6 Å². The van der Waals surface area contributed by atoms with Crippen LogP contribution >= 0.6 is 11.3 Å². The summed E-state index contributed by atoms with van der Waals surface area (Å²) in [5.74, 6) is -3.31. The highest BCUT2D eigenvalue weighted by Crippen LogP contribution is 2.62. The molecule has 1 fully saturated rings. The van der Waals surface area contributed by atoms with Crippen molar-refractivity contribution >= 4 is 28.3 Å². The number of carbonyl (C=O) groups is 2. The number of amides is 2. The summed E-state index contributed by atoms with van der Waals surface area (Å²) in [4.78, 5) is 33.4. The molecule has 37 heavy (non-hydrogen) atoms. The Morgan fingerprint density at radius 3 is 2.46 bits per heavy atom. The van der Waals surface area contributed by atoms with E-state index in [4.69, 9.17) is 4.98 Å². The van der Waals surface area contributed by atoms with E-state index in [1.807, 2.05) is 20.8 Å². The highest BCUT2D eigenvalue weighted by atomic mass is 32.1. The van der Waals surface area contributed by atoms with Crippen LogP contribution in [0.15, 0.2) is 18.2 Å². The molecule has 7 nitrogen and oxygen atoms in total. The van der Waals surface area contributed by atoms with Gasteiger partial charge in [0.2, 0.25) is 5.91 Å². The number of rotatable bonds is 7. The maximum atomic E-state index is 14.2. The number of carbonyl (C=O) groups excluding carboxylic acids is 2. The molecule has 1 heterocycles. The van der Waals surface area contributed by atoms with Crippen LogP contribution in [0.1, 0.15) is 73.8 Å². The number of aromatic nitrogens is 1. The first-order valence-electron chi connectivity index (χ1n) is 12.8. The summed E-state index contributed by atoms with van der Waals surface area (Å²) in [6.07, 6.45) is 1.18. The van der Waals surface area contributed by atoms with Crippen molar-refractivity contribution in [3.8, 4) is 0 Å². The largest absolute Gasteiger partial charge is 0.396 e. The van der Waals surface area contributed by atoms with Crippen LogP contribution in [0.5, 0.6) is 0 Å². The van der Waals surface area contributed by atoms with Gasteiger partial charge in [0.05, 0.1) is 18.4 Å². The second-order valence-electron chi connectivity index (χ2n) is 10.7. The molecule has 1 aromatic heterocycles. The number of benzene rings is 1. The Balaban J connectivity index is 1.75. The van der Waals surface area contributed by atoms with Crippen LogP contribution in [-0.4, -0.2) is 57.7 Å². The summed E-state index contributed by atoms with van der Waals surface area (Å²) in [6, 6.07) is 3.23. The van der Waals surface area contributed by atoms with Crippen molar-refractivity contribution in [3.63, 3.8) is 0 Å². The summed E-state index contributed by atoms with van der Waals surface area (Å²) >= 11 is 1.21. The average Bonchev–Trinajstić information content (AvgIpc) is 3.25. The Morgan fingerprint density at radius 1 is 1.22 bits per heavy atom. The number of anilines is 1. The fourth-order valence-electron chi connectivity index (χ4n) is 6.45. The molecular formula is C27H35F2N3O4S. The third-order valence-electron chi connectivity index (χ3n) is 8.80. The fourth-order valence-corrected chi connectivity index (χ4v) is 7.52. The van der Waals surface area contributed by atoms with E-state index in [1.54, 1.807) is 4.90 Å². The van der Waals surface area contributed by atoms with Crippen LogP contribution in [0, 0.1) is 28.4 Å². The van der Waals surface area contributed by atoms with E-state index in [0.29, 0.717) is 38.0 Å². The highest BCUT2D eigenvalue weighted by molar-refractivity contribution is 7.15. The van der Waals surface area contributed by atoms with Gasteiger partial charge in [-0.3, -0.25) is 14.9 Å². The average molecular weight is 536 g/mol. The van der Waals surface area contributed by atoms with Gasteiger partial charge in [0.15, 0.2) is 5.13 Å². The van der Waals surface area contributed by atoms with Gasteiger partial charge in [-0.15, -0.1) is 11.3 Å². The van der Waals surface area contributed by atoms with Gasteiger partial charge in [-0.05, 0) is 56.6 Å². The normalized spacial score (nSPS) is 28.8. The minimum absolute atomic E-state index is 0.00772. The Kier molecular flexibility index (Phi) is 7.74. The van der Waals surface area contributed by atoms with Gasteiger partial charge in [0.25, 0.3) is 5.91 Å². The summed E-state index contributed by atoms with van der Waals surface area (Å²) in [6.45, 7) is 8.80. The van der Waals surface area contributed by atoms with Crippen molar-refractivity contribution in [1.82, 2.24) is 9.88 Å². The van der Waals surface area contributed by atoms with Gasteiger partial charge in [0, 0.05) is 35.7 Å². The first-order valence-corrected chi connectivity index (χ1v) is 13.6. The lowest BCUT2D eigenvalue weighted by Gasteiger charge is -2.58. The number of hydrogen-bond acceptors (Lipinski definition) is 6. The lowest BCUT2D eigenvalue weighted by molar-refractivity contribution is -0.147. The molecule has 1 aromatic carbocycles. The molecule has 2 amide bonds. The number of aliphatic hydroxyl groups excluding tert-OH is 2. The number of fused-ring (bicyclic) bond motifs is 2. The van der Waals surface area contributed by atoms with E-state index in [0.717, 1.165) is 17.0 Å². The van der Waals surface area contributed by atoms with Crippen molar-refractivity contribution in [2.75, 3.05) is 25.0 Å². The van der Waals surface area contributed by atoms with Crippen LogP contribution in [0.25, 0.3) is 0 Å². The van der Waals surface area contributed by atoms with Crippen molar-refractivity contribution in [2.24, 2.45) is 16.7 Å². The monoisotopic (exact) mass is 535 g/mol. The number of halogens is 2. The third-order valence-corrected chi connectivity index (χ3v) is 9.81. The van der Waals surface area contributed by atoms with Gasteiger partial charge >= 0.3 is 0 Å². The molecule has 10 heteroatoms. The third kappa shape index (κ3) is 4.68. The molecule has 0 saturated heterocycles. The lowest BCUT2D eigenvalue weighted by Crippen LogP contribution is -2.57. The number of nitrogens with one attached hydrogen (secondary N) is 1. The topological polar surface area (TPSA) is 103 Å². The zero-order chi connectivity index (χ0) is 27.1. The predicted molar refractivity (Wildman–Crippen MR) is 137 cm³/mol. The maximum absolute atomic E-state index is 14.2. The molecular weight excluding hydrogens is 500 g/mol. The van der Waals surface area contributed by atoms with E-state index >= 15 is 0 Å². The molecule has 3 N–H and O–H groups in total. The van der Waals surface area contributed by atoms with Crippen LogP contribution in [0.3, 0.4) is 0 Å². The van der Waals surface area contributed by atoms with Gasteiger partial charge in [-0.25, -0.2) is 13.8 Å². The van der Waals surface area contributed by atoms with Crippen LogP contribution in [0.4, 0.5) is 13.9 Å². The predicted octanol–water partition coefficient (Wildman–Crippen LogP) is 4.35. The lowest BCUT2D eigenvalue weighted by atomic mass is 9.47. The molecule has 5 unspecified atom stereocenters. The molecule has 0 spiro atoms. The quantitative estimate of drug-likeness (QED) is 0.489. The van der Waals surface area contributed by atoms with Crippen LogP contribution in [0.2, 0.25) is 0 Å². The second kappa shape index (κ2) is 10.4. The fraction of sp³-hybridized carbons (Fsp3) is 0.593. The Bertz CT molecular complexity index is 1170. The second-order valence-corrected chi connectivity index (χ2v) is 11.8. The van der Waals surface area contributed by atoms with Crippen molar-refractivity contribution in [2.45, 2.75) is 65.4 Å². The smallest absolute Gasteiger partial charge is 0.263 e. The Hall–Kier alpha value is -2.43. The molecule has 5 atom stereocenters. The zero-order valence-electron chi connectivity index (χ0n) is 21.7. The van der Waals surface area contributed by atoms with Crippen LogP contribution in [-0.2, 0) is 11.2 Å². The van der Waals surface area contributed by atoms with E-state index in [-0.39, 0.29) is 35.9 Å². The Labute approximate surface area is 219 Å². The molecule has 0 radical (unpaired) electrons. The van der Waals surface area contributed by atoms with Crippen molar-refractivity contribution in [1.29, 1.82) is 0 Å². The summed E-state index contributed by atoms with van der Waals surface area (Å²) in [7, 11) is 0. The van der Waals surface area contributed by atoms with Crippen LogP contribution < -0.4 is 5.32 Å². The zero-order valence-corrected chi connectivity index (χ0v) is 22.5. The first-order chi connectivity index (χ1) is 17.5. The molecule has 0 bridgehead atoms. The van der Waals surface area contributed by atoms with E-state index in [1.165, 1.54) is 17.4 Å². The SMILES string of the molecule is CCN(CC)C(=O)CC1c2nc(NC(=O)c3c(F)cccc3F)sc2CC2C(C)(CO)C(O)CCC12C. The van der Waals surface area contributed by atoms with E-state index < -0.39 is 40.0 Å². The molecule has 0 aliphatic heterocycles. The molecule has 2 aliphatic carbocycles. The number of nitrogens with zero attached hydrogens (tertiary/aromatic N) is 2. The van der Waals surface area contributed by atoms with Crippen molar-refractivity contribution in [3.05, 3.63) is 46.0 Å². The molecule has 2 aromatic rings. The summed E-state index contributed by atoms with van der Waals surface area (Å²) < 4.78 is 28.4. The highest BCUT2D eigenvalue weighted by Gasteiger charge is 2.59. The maximum Gasteiger partial charge on any atom is 0.263 e. The van der Waals surface area contributed by atoms with Gasteiger partial charge < -0.3 is 15.1 Å².